The van der Waals surface area contributed by atoms with Gasteiger partial charge >= 0.3 is 5.97 Å². The molecule has 0 aliphatic carbocycles. The molecule has 1 fully saturated rings. The molecule has 10 heteroatoms. The number of nitrogens with zero attached hydrogens (tertiary/aromatic N) is 2. The molecule has 7 nitrogen and oxygen atoms in total. The molecule has 0 atom stereocenters. The first kappa shape index (κ1) is 27.6. The molecule has 1 saturated heterocycles. The molecule has 1 aliphatic rings. The van der Waals surface area contributed by atoms with Crippen LogP contribution in [0.15, 0.2) is 70.6 Å². The molecule has 1 aliphatic heterocycles. The van der Waals surface area contributed by atoms with Gasteiger partial charge in [0.25, 0.3) is 5.91 Å². The summed E-state index contributed by atoms with van der Waals surface area (Å²) >= 11 is 3.35. The van der Waals surface area contributed by atoms with Gasteiger partial charge in [0.15, 0.2) is 16.7 Å². The maximum Gasteiger partial charge on any atom is 0.335 e. The number of aliphatic imine (C=N–C) groups is 1. The number of amidine groups is 1. The van der Waals surface area contributed by atoms with Gasteiger partial charge in [-0.15, -0.1) is 0 Å². The van der Waals surface area contributed by atoms with E-state index < -0.39 is 5.97 Å². The van der Waals surface area contributed by atoms with Crippen LogP contribution in [0, 0.1) is 9.39 Å². The van der Waals surface area contributed by atoms with Crippen molar-refractivity contribution in [2.75, 3.05) is 13.2 Å². The van der Waals surface area contributed by atoms with E-state index in [2.05, 4.69) is 27.6 Å². The highest BCUT2D eigenvalue weighted by atomic mass is 127. The molecule has 0 unspecified atom stereocenters. The first-order valence-corrected chi connectivity index (χ1v) is 13.7. The van der Waals surface area contributed by atoms with Gasteiger partial charge in [-0.2, -0.15) is 0 Å². The third-order valence-corrected chi connectivity index (χ3v) is 7.29. The van der Waals surface area contributed by atoms with Crippen LogP contribution in [0.3, 0.4) is 0 Å². The largest absolute Gasteiger partial charge is 0.490 e. The minimum Gasteiger partial charge on any atom is -0.490 e. The first-order valence-electron chi connectivity index (χ1n) is 11.8. The molecule has 1 N–H and O–H groups in total. The van der Waals surface area contributed by atoms with Crippen molar-refractivity contribution >= 4 is 63.2 Å². The third-order valence-electron chi connectivity index (χ3n) is 5.48. The van der Waals surface area contributed by atoms with Crippen LogP contribution in [0.1, 0.15) is 35.3 Å². The topological polar surface area (TPSA) is 88.4 Å². The number of carboxylic acids is 1. The highest BCUT2D eigenvalue weighted by Crippen LogP contribution is 2.38. The minimum absolute atomic E-state index is 0.0475. The number of likely N-dealkylation sites (N-methyl/N-ethyl adjacent to an activating group) is 1. The Kier molecular flexibility index (Phi) is 9.05. The summed E-state index contributed by atoms with van der Waals surface area (Å²) in [5.41, 5.74) is 1.74. The van der Waals surface area contributed by atoms with Crippen molar-refractivity contribution in [3.05, 3.63) is 91.6 Å². The Bertz CT molecular complexity index is 1440. The van der Waals surface area contributed by atoms with E-state index in [0.29, 0.717) is 46.0 Å². The van der Waals surface area contributed by atoms with Crippen molar-refractivity contribution in [3.8, 4) is 11.5 Å². The lowest BCUT2D eigenvalue weighted by Crippen LogP contribution is -2.28. The van der Waals surface area contributed by atoms with E-state index >= 15 is 0 Å². The number of aromatic carboxylic acids is 1. The van der Waals surface area contributed by atoms with E-state index in [9.17, 15) is 19.1 Å². The lowest BCUT2D eigenvalue weighted by atomic mass is 10.1. The lowest BCUT2D eigenvalue weighted by Gasteiger charge is -2.15. The van der Waals surface area contributed by atoms with Crippen LogP contribution in [-0.2, 0) is 11.4 Å². The second-order valence-electron chi connectivity index (χ2n) is 8.05. The van der Waals surface area contributed by atoms with Crippen LogP contribution < -0.4 is 9.47 Å². The fourth-order valence-electron chi connectivity index (χ4n) is 3.68. The van der Waals surface area contributed by atoms with Crippen LogP contribution in [0.4, 0.5) is 10.1 Å². The monoisotopic (exact) mass is 646 g/mol. The molecule has 0 spiro atoms. The molecule has 1 amide bonds. The Morgan fingerprint density at radius 1 is 1.13 bits per heavy atom. The van der Waals surface area contributed by atoms with Crippen LogP contribution in [0.2, 0.25) is 0 Å². The van der Waals surface area contributed by atoms with Crippen LogP contribution in [-0.4, -0.2) is 40.2 Å². The van der Waals surface area contributed by atoms with Crippen LogP contribution in [0.25, 0.3) is 6.08 Å². The fourth-order valence-corrected chi connectivity index (χ4v) is 5.52. The molecule has 38 heavy (non-hydrogen) atoms. The fraction of sp³-hybridized carbons (Fsp3) is 0.179. The number of hydrogen-bond donors (Lipinski definition) is 1. The van der Waals surface area contributed by atoms with Gasteiger partial charge in [-0.25, -0.2) is 14.2 Å². The van der Waals surface area contributed by atoms with Gasteiger partial charge in [0.2, 0.25) is 0 Å². The van der Waals surface area contributed by atoms with Gasteiger partial charge in [-0.1, -0.05) is 24.3 Å². The molecule has 3 aromatic carbocycles. The predicted octanol–water partition coefficient (Wildman–Crippen LogP) is 6.73. The molecule has 4 rings (SSSR count). The average Bonchev–Trinajstić information content (AvgIpc) is 3.18. The number of thioether (sulfide) groups is 1. The van der Waals surface area contributed by atoms with E-state index in [1.165, 1.54) is 30.0 Å². The number of halogens is 2. The normalized spacial score (nSPS) is 15.4. The second kappa shape index (κ2) is 12.4. The SMILES string of the molecule is CCOc1cc(/C=C2\SC(=Nc3cccc(C(=O)O)c3)N(CC)C2=O)cc(I)c1OCc1ccccc1F. The summed E-state index contributed by atoms with van der Waals surface area (Å²) in [7, 11) is 0. The van der Waals surface area contributed by atoms with Crippen molar-refractivity contribution in [1.82, 2.24) is 4.90 Å². The first-order chi connectivity index (χ1) is 18.3. The van der Waals surface area contributed by atoms with E-state index in [4.69, 9.17) is 9.47 Å². The van der Waals surface area contributed by atoms with Crippen LogP contribution >= 0.6 is 34.4 Å². The molecular weight excluding hydrogens is 622 g/mol. The number of carbonyl (C=O) groups is 2. The number of hydrogen-bond acceptors (Lipinski definition) is 6. The van der Waals surface area contributed by atoms with Crippen LogP contribution in [0.5, 0.6) is 11.5 Å². The number of carboxylic acid groups (broad SMARTS) is 1. The second-order valence-corrected chi connectivity index (χ2v) is 10.2. The number of carbonyl (C=O) groups excluding carboxylic acids is 1. The molecule has 0 radical (unpaired) electrons. The van der Waals surface area contributed by atoms with E-state index in [1.807, 2.05) is 19.9 Å². The molecular formula is C28H24FIN2O5S. The summed E-state index contributed by atoms with van der Waals surface area (Å²) in [6.45, 7) is 4.56. The summed E-state index contributed by atoms with van der Waals surface area (Å²) in [5, 5.41) is 9.73. The summed E-state index contributed by atoms with van der Waals surface area (Å²) < 4.78 is 26.6. The number of benzene rings is 3. The molecule has 3 aromatic rings. The van der Waals surface area contributed by atoms with E-state index in [-0.39, 0.29) is 23.9 Å². The zero-order valence-corrected chi connectivity index (χ0v) is 23.6. The van der Waals surface area contributed by atoms with Crippen molar-refractivity contribution in [1.29, 1.82) is 0 Å². The van der Waals surface area contributed by atoms with Gasteiger partial charge in [0, 0.05) is 12.1 Å². The smallest absolute Gasteiger partial charge is 0.335 e. The van der Waals surface area contributed by atoms with Crippen molar-refractivity contribution in [3.63, 3.8) is 0 Å². The van der Waals surface area contributed by atoms with Gasteiger partial charge in [0.1, 0.15) is 12.4 Å². The standard InChI is InChI=1S/C28H24FIN2O5S/c1-3-32-26(33)24(38-28(32)31-20-10-7-9-18(15-20)27(34)35)14-17-12-22(30)25(23(13-17)36-4-2)37-16-19-8-5-6-11-21(19)29/h5-15H,3-4,16H2,1-2H3,(H,34,35)/b24-14-,31-28?. The Balaban J connectivity index is 1.62. The summed E-state index contributed by atoms with van der Waals surface area (Å²) in [6.07, 6.45) is 1.76. The zero-order chi connectivity index (χ0) is 27.2. The zero-order valence-electron chi connectivity index (χ0n) is 20.6. The third kappa shape index (κ3) is 6.36. The van der Waals surface area contributed by atoms with E-state index in [0.717, 1.165) is 9.13 Å². The molecule has 0 saturated carbocycles. The summed E-state index contributed by atoms with van der Waals surface area (Å²) in [6, 6.07) is 16.3. The quantitative estimate of drug-likeness (QED) is 0.205. The van der Waals surface area contributed by atoms with Crippen molar-refractivity contribution in [2.24, 2.45) is 4.99 Å². The Morgan fingerprint density at radius 3 is 2.63 bits per heavy atom. The highest BCUT2D eigenvalue weighted by Gasteiger charge is 2.32. The number of rotatable bonds is 9. The molecule has 1 heterocycles. The Morgan fingerprint density at radius 2 is 1.92 bits per heavy atom. The summed E-state index contributed by atoms with van der Waals surface area (Å²) in [5.74, 6) is -0.593. The van der Waals surface area contributed by atoms with Crippen molar-refractivity contribution < 1.29 is 28.6 Å². The van der Waals surface area contributed by atoms with Gasteiger partial charge < -0.3 is 14.6 Å². The molecule has 196 valence electrons. The summed E-state index contributed by atoms with van der Waals surface area (Å²) in [4.78, 5) is 31.0. The molecule has 0 aromatic heterocycles. The maximum absolute atomic E-state index is 14.1. The van der Waals surface area contributed by atoms with Gasteiger partial charge in [-0.05, 0) is 96.2 Å². The number of amides is 1. The Labute approximate surface area is 237 Å². The average molecular weight is 646 g/mol. The Hall–Kier alpha value is -3.38. The van der Waals surface area contributed by atoms with Gasteiger partial charge in [0.05, 0.1) is 26.3 Å². The minimum atomic E-state index is -1.05. The maximum atomic E-state index is 14.1. The lowest BCUT2D eigenvalue weighted by molar-refractivity contribution is -0.122. The molecule has 0 bridgehead atoms. The van der Waals surface area contributed by atoms with Crippen molar-refractivity contribution in [2.45, 2.75) is 20.5 Å². The number of ether oxygens (including phenoxy) is 2. The van der Waals surface area contributed by atoms with Gasteiger partial charge in [-0.3, -0.25) is 9.69 Å². The highest BCUT2D eigenvalue weighted by molar-refractivity contribution is 14.1. The predicted molar refractivity (Wildman–Crippen MR) is 155 cm³/mol. The van der Waals surface area contributed by atoms with E-state index in [1.54, 1.807) is 47.4 Å².